The van der Waals surface area contributed by atoms with Gasteiger partial charge < -0.3 is 15.5 Å². The molecule has 1 aliphatic rings. The lowest BCUT2D eigenvalue weighted by Gasteiger charge is -2.32. The highest BCUT2D eigenvalue weighted by molar-refractivity contribution is 5.87. The molecule has 126 valence electrons. The van der Waals surface area contributed by atoms with Crippen molar-refractivity contribution in [3.8, 4) is 0 Å². The molecule has 5 nitrogen and oxygen atoms in total. The molecule has 2 N–H and O–H groups in total. The van der Waals surface area contributed by atoms with Crippen molar-refractivity contribution in [2.45, 2.75) is 12.8 Å². The third-order valence-corrected chi connectivity index (χ3v) is 4.72. The van der Waals surface area contributed by atoms with Gasteiger partial charge in [-0.2, -0.15) is 0 Å². The zero-order chi connectivity index (χ0) is 17.1. The van der Waals surface area contributed by atoms with Crippen LogP contribution in [0.2, 0.25) is 0 Å². The molecule has 0 unspecified atom stereocenters. The Balaban J connectivity index is 1.67. The Labute approximate surface area is 142 Å². The SMILES string of the molecule is CN(CC(=O)N1CCC[C@@H](C(N)=O)C1)c1ccc2ccccc2c1. The Kier molecular flexibility index (Phi) is 4.69. The number of carbonyl (C=O) groups is 2. The Morgan fingerprint density at radius 1 is 1.21 bits per heavy atom. The number of nitrogens with two attached hydrogens (primary N) is 1. The van der Waals surface area contributed by atoms with E-state index in [0.29, 0.717) is 19.6 Å². The first kappa shape index (κ1) is 16.3. The molecule has 0 aromatic heterocycles. The van der Waals surface area contributed by atoms with Crippen molar-refractivity contribution in [1.29, 1.82) is 0 Å². The van der Waals surface area contributed by atoms with E-state index < -0.39 is 0 Å². The number of rotatable bonds is 4. The van der Waals surface area contributed by atoms with Gasteiger partial charge in [0.1, 0.15) is 0 Å². The second-order valence-electron chi connectivity index (χ2n) is 6.47. The van der Waals surface area contributed by atoms with Gasteiger partial charge in [-0.15, -0.1) is 0 Å². The van der Waals surface area contributed by atoms with Crippen molar-refractivity contribution in [3.05, 3.63) is 42.5 Å². The van der Waals surface area contributed by atoms with E-state index in [9.17, 15) is 9.59 Å². The molecule has 0 bridgehead atoms. The first-order valence-corrected chi connectivity index (χ1v) is 8.31. The molecule has 2 aromatic carbocycles. The van der Waals surface area contributed by atoms with Crippen LogP contribution in [0, 0.1) is 5.92 Å². The monoisotopic (exact) mass is 325 g/mol. The van der Waals surface area contributed by atoms with Gasteiger partial charge in [-0.3, -0.25) is 9.59 Å². The zero-order valence-corrected chi connectivity index (χ0v) is 13.9. The predicted octanol–water partition coefficient (Wildman–Crippen LogP) is 2.00. The number of likely N-dealkylation sites (tertiary alicyclic amines) is 1. The van der Waals surface area contributed by atoms with Crippen LogP contribution in [-0.4, -0.2) is 43.4 Å². The minimum absolute atomic E-state index is 0.0385. The number of hydrogen-bond donors (Lipinski definition) is 1. The van der Waals surface area contributed by atoms with E-state index in [1.807, 2.05) is 30.1 Å². The quantitative estimate of drug-likeness (QED) is 0.935. The van der Waals surface area contributed by atoms with E-state index in [-0.39, 0.29) is 17.7 Å². The minimum Gasteiger partial charge on any atom is -0.369 e. The van der Waals surface area contributed by atoms with Crippen LogP contribution < -0.4 is 10.6 Å². The van der Waals surface area contributed by atoms with Gasteiger partial charge in [-0.1, -0.05) is 30.3 Å². The molecule has 2 amide bonds. The van der Waals surface area contributed by atoms with E-state index in [1.165, 1.54) is 5.39 Å². The number of anilines is 1. The normalized spacial score (nSPS) is 17.7. The van der Waals surface area contributed by atoms with Crippen molar-refractivity contribution >= 4 is 28.3 Å². The summed E-state index contributed by atoms with van der Waals surface area (Å²) in [4.78, 5) is 27.6. The summed E-state index contributed by atoms with van der Waals surface area (Å²) in [6.45, 7) is 1.44. The highest BCUT2D eigenvalue weighted by atomic mass is 16.2. The molecule has 1 fully saturated rings. The summed E-state index contributed by atoms with van der Waals surface area (Å²) >= 11 is 0. The van der Waals surface area contributed by atoms with Gasteiger partial charge in [0.05, 0.1) is 12.5 Å². The van der Waals surface area contributed by atoms with Crippen molar-refractivity contribution in [3.63, 3.8) is 0 Å². The molecule has 0 aliphatic carbocycles. The highest BCUT2D eigenvalue weighted by Crippen LogP contribution is 2.22. The molecule has 1 saturated heterocycles. The van der Waals surface area contributed by atoms with Crippen LogP contribution in [0.25, 0.3) is 10.8 Å². The maximum atomic E-state index is 12.5. The van der Waals surface area contributed by atoms with Crippen molar-refractivity contribution in [2.75, 3.05) is 31.6 Å². The lowest BCUT2D eigenvalue weighted by atomic mass is 9.97. The number of likely N-dealkylation sites (N-methyl/N-ethyl adjacent to an activating group) is 1. The first-order chi connectivity index (χ1) is 11.5. The second-order valence-corrected chi connectivity index (χ2v) is 6.47. The van der Waals surface area contributed by atoms with E-state index in [2.05, 4.69) is 24.3 Å². The van der Waals surface area contributed by atoms with Gasteiger partial charge >= 0.3 is 0 Å². The molecule has 1 aliphatic heterocycles. The smallest absolute Gasteiger partial charge is 0.242 e. The first-order valence-electron chi connectivity index (χ1n) is 8.31. The number of primary amides is 1. The lowest BCUT2D eigenvalue weighted by Crippen LogP contribution is -2.47. The molecule has 2 aromatic rings. The number of hydrogen-bond acceptors (Lipinski definition) is 3. The highest BCUT2D eigenvalue weighted by Gasteiger charge is 2.27. The Hall–Kier alpha value is -2.56. The maximum absolute atomic E-state index is 12.5. The average molecular weight is 325 g/mol. The average Bonchev–Trinajstić information content (AvgIpc) is 2.61. The Bertz CT molecular complexity index is 759. The third kappa shape index (κ3) is 3.50. The summed E-state index contributed by atoms with van der Waals surface area (Å²) in [7, 11) is 1.91. The van der Waals surface area contributed by atoms with E-state index >= 15 is 0 Å². The number of nitrogens with zero attached hydrogens (tertiary/aromatic N) is 2. The van der Waals surface area contributed by atoms with Gasteiger partial charge in [0.15, 0.2) is 0 Å². The molecular weight excluding hydrogens is 302 g/mol. The van der Waals surface area contributed by atoms with E-state index in [0.717, 1.165) is 23.9 Å². The molecule has 5 heteroatoms. The van der Waals surface area contributed by atoms with Gasteiger partial charge in [-0.25, -0.2) is 0 Å². The topological polar surface area (TPSA) is 66.6 Å². The van der Waals surface area contributed by atoms with Crippen molar-refractivity contribution in [2.24, 2.45) is 11.7 Å². The maximum Gasteiger partial charge on any atom is 0.242 e. The van der Waals surface area contributed by atoms with Crippen LogP contribution in [-0.2, 0) is 9.59 Å². The zero-order valence-electron chi connectivity index (χ0n) is 13.9. The fraction of sp³-hybridized carbons (Fsp3) is 0.368. The third-order valence-electron chi connectivity index (χ3n) is 4.72. The van der Waals surface area contributed by atoms with E-state index in [1.54, 1.807) is 4.90 Å². The molecular formula is C19H23N3O2. The fourth-order valence-electron chi connectivity index (χ4n) is 3.24. The number of piperidine rings is 1. The van der Waals surface area contributed by atoms with Crippen LogP contribution in [0.5, 0.6) is 0 Å². The van der Waals surface area contributed by atoms with Gasteiger partial charge in [0.25, 0.3) is 0 Å². The summed E-state index contributed by atoms with van der Waals surface area (Å²) in [5.41, 5.74) is 6.39. The number of fused-ring (bicyclic) bond motifs is 1. The predicted molar refractivity (Wildman–Crippen MR) is 95.7 cm³/mol. The van der Waals surface area contributed by atoms with Crippen LogP contribution >= 0.6 is 0 Å². The summed E-state index contributed by atoms with van der Waals surface area (Å²) in [5, 5.41) is 2.34. The number of benzene rings is 2. The van der Waals surface area contributed by atoms with Crippen molar-refractivity contribution < 1.29 is 9.59 Å². The standard InChI is InChI=1S/C19H23N3O2/c1-21(17-9-8-14-5-2-3-6-15(14)11-17)13-18(23)22-10-4-7-16(12-22)19(20)24/h2-3,5-6,8-9,11,16H,4,7,10,12-13H2,1H3,(H2,20,24)/t16-/m1/s1. The second kappa shape index (κ2) is 6.91. The van der Waals surface area contributed by atoms with Crippen LogP contribution in [0.1, 0.15) is 12.8 Å². The molecule has 1 heterocycles. The molecule has 24 heavy (non-hydrogen) atoms. The molecule has 0 radical (unpaired) electrons. The largest absolute Gasteiger partial charge is 0.369 e. The number of carbonyl (C=O) groups excluding carboxylic acids is 2. The summed E-state index contributed by atoms with van der Waals surface area (Å²) < 4.78 is 0. The molecule has 0 spiro atoms. The van der Waals surface area contributed by atoms with Crippen molar-refractivity contribution in [1.82, 2.24) is 4.90 Å². The van der Waals surface area contributed by atoms with E-state index in [4.69, 9.17) is 5.73 Å². The number of amides is 2. The van der Waals surface area contributed by atoms with Gasteiger partial charge in [0, 0.05) is 25.8 Å². The van der Waals surface area contributed by atoms with Gasteiger partial charge in [0.2, 0.25) is 11.8 Å². The molecule has 0 saturated carbocycles. The molecule has 1 atom stereocenters. The minimum atomic E-state index is -0.310. The Morgan fingerprint density at radius 3 is 2.71 bits per heavy atom. The molecule has 3 rings (SSSR count). The fourth-order valence-corrected chi connectivity index (χ4v) is 3.24. The Morgan fingerprint density at radius 2 is 1.96 bits per heavy atom. The summed E-state index contributed by atoms with van der Waals surface area (Å²) in [6.07, 6.45) is 1.61. The van der Waals surface area contributed by atoms with Crippen LogP contribution in [0.15, 0.2) is 42.5 Å². The van der Waals surface area contributed by atoms with Gasteiger partial charge in [-0.05, 0) is 35.7 Å². The van der Waals surface area contributed by atoms with Crippen LogP contribution in [0.4, 0.5) is 5.69 Å². The summed E-state index contributed by atoms with van der Waals surface area (Å²) in [6, 6.07) is 14.3. The lowest BCUT2D eigenvalue weighted by molar-refractivity contribution is -0.133. The van der Waals surface area contributed by atoms with Crippen LogP contribution in [0.3, 0.4) is 0 Å². The summed E-state index contributed by atoms with van der Waals surface area (Å²) in [5.74, 6) is -0.485.